The molecule has 0 bridgehead atoms. The third kappa shape index (κ3) is 2.30. The van der Waals surface area contributed by atoms with E-state index in [1.54, 1.807) is 6.20 Å². The number of aromatic nitrogens is 3. The highest BCUT2D eigenvalue weighted by Crippen LogP contribution is 2.31. The first-order valence-corrected chi connectivity index (χ1v) is 7.38. The van der Waals surface area contributed by atoms with Crippen molar-refractivity contribution < 1.29 is 13.5 Å². The van der Waals surface area contributed by atoms with Gasteiger partial charge in [-0.3, -0.25) is 4.90 Å². The highest BCUT2D eigenvalue weighted by atomic mass is 19.1. The van der Waals surface area contributed by atoms with Gasteiger partial charge in [-0.15, -0.1) is 5.10 Å². The molecule has 0 saturated carbocycles. The molecule has 5 nitrogen and oxygen atoms in total. The summed E-state index contributed by atoms with van der Waals surface area (Å²) in [7, 11) is 0. The minimum Gasteiger partial charge on any atom is -0.370 e. The number of fused-ring (bicyclic) bond motifs is 3. The van der Waals surface area contributed by atoms with E-state index in [9.17, 15) is 8.78 Å². The van der Waals surface area contributed by atoms with E-state index in [-0.39, 0.29) is 24.3 Å². The molecule has 1 saturated heterocycles. The summed E-state index contributed by atoms with van der Waals surface area (Å²) in [5.74, 6) is -0.994. The molecule has 0 aliphatic carbocycles. The fourth-order valence-electron chi connectivity index (χ4n) is 3.30. The van der Waals surface area contributed by atoms with Crippen LogP contribution in [0.5, 0.6) is 0 Å². The van der Waals surface area contributed by atoms with E-state index in [4.69, 9.17) is 4.74 Å². The summed E-state index contributed by atoms with van der Waals surface area (Å²) < 4.78 is 35.3. The van der Waals surface area contributed by atoms with Crippen molar-refractivity contribution in [1.82, 2.24) is 19.9 Å². The van der Waals surface area contributed by atoms with Gasteiger partial charge in [-0.25, -0.2) is 13.5 Å². The van der Waals surface area contributed by atoms with E-state index < -0.39 is 11.6 Å². The molecule has 0 spiro atoms. The van der Waals surface area contributed by atoms with Gasteiger partial charge in [0.15, 0.2) is 0 Å². The van der Waals surface area contributed by atoms with Crippen LogP contribution in [0.2, 0.25) is 0 Å². The zero-order valence-corrected chi connectivity index (χ0v) is 12.0. The van der Waals surface area contributed by atoms with Crippen LogP contribution in [0.15, 0.2) is 24.4 Å². The van der Waals surface area contributed by atoms with Crippen LogP contribution in [0, 0.1) is 11.6 Å². The molecule has 0 amide bonds. The van der Waals surface area contributed by atoms with Crippen molar-refractivity contribution in [2.45, 2.75) is 31.7 Å². The minimum absolute atomic E-state index is 0.0508. The van der Waals surface area contributed by atoms with Crippen LogP contribution in [0.4, 0.5) is 8.78 Å². The van der Waals surface area contributed by atoms with Gasteiger partial charge < -0.3 is 4.74 Å². The van der Waals surface area contributed by atoms with E-state index in [0.717, 1.165) is 18.7 Å². The fraction of sp³-hybridized carbons (Fsp3) is 0.467. The summed E-state index contributed by atoms with van der Waals surface area (Å²) >= 11 is 0. The molecule has 2 aromatic rings. The molecule has 3 heterocycles. The van der Waals surface area contributed by atoms with Gasteiger partial charge >= 0.3 is 0 Å². The molecule has 4 rings (SSSR count). The van der Waals surface area contributed by atoms with E-state index in [1.807, 2.05) is 9.58 Å². The van der Waals surface area contributed by atoms with Gasteiger partial charge in [0.25, 0.3) is 0 Å². The highest BCUT2D eigenvalue weighted by molar-refractivity contribution is 5.19. The smallest absolute Gasteiger partial charge is 0.130 e. The molecule has 22 heavy (non-hydrogen) atoms. The van der Waals surface area contributed by atoms with Crippen LogP contribution >= 0.6 is 0 Å². The van der Waals surface area contributed by atoms with Crippen molar-refractivity contribution in [3.63, 3.8) is 0 Å². The highest BCUT2D eigenvalue weighted by Gasteiger charge is 2.36. The maximum absolute atomic E-state index is 13.8. The monoisotopic (exact) mass is 306 g/mol. The van der Waals surface area contributed by atoms with Crippen LogP contribution in [-0.2, 0) is 17.9 Å². The summed E-state index contributed by atoms with van der Waals surface area (Å²) in [5, 5.41) is 8.06. The van der Waals surface area contributed by atoms with Gasteiger partial charge in [-0.2, -0.15) is 0 Å². The largest absolute Gasteiger partial charge is 0.370 e. The minimum atomic E-state index is -0.497. The fourth-order valence-corrected chi connectivity index (χ4v) is 3.30. The Morgan fingerprint density at radius 1 is 1.27 bits per heavy atom. The topological polar surface area (TPSA) is 43.2 Å². The molecule has 7 heteroatoms. The van der Waals surface area contributed by atoms with Crippen molar-refractivity contribution in [2.75, 3.05) is 13.1 Å². The lowest BCUT2D eigenvalue weighted by Crippen LogP contribution is -2.47. The first-order chi connectivity index (χ1) is 10.7. The summed E-state index contributed by atoms with van der Waals surface area (Å²) in [6, 6.07) is 4.03. The lowest BCUT2D eigenvalue weighted by atomic mass is 9.99. The molecule has 2 atom stereocenters. The van der Waals surface area contributed by atoms with Crippen molar-refractivity contribution in [1.29, 1.82) is 0 Å². The zero-order valence-electron chi connectivity index (χ0n) is 12.0. The third-order valence-corrected chi connectivity index (χ3v) is 4.46. The SMILES string of the molecule is Fc1cccc(F)c1CN1CC[C@@H]2OCc3cnnn3[C@H]2C1. The second kappa shape index (κ2) is 5.40. The molecule has 2 aliphatic rings. The molecule has 1 fully saturated rings. The predicted octanol–water partition coefficient (Wildman–Crippen LogP) is 1.90. The summed E-state index contributed by atoms with van der Waals surface area (Å²) in [5.41, 5.74) is 1.07. The standard InChI is InChI=1S/C15H16F2N4O/c16-12-2-1-3-13(17)11(12)7-20-5-4-15-14(8-20)21-10(9-22-15)6-18-19-21/h1-3,6,14-15H,4-5,7-9H2/t14-,15-/m0/s1. The number of hydrogen-bond acceptors (Lipinski definition) is 4. The number of ether oxygens (including phenoxy) is 1. The van der Waals surface area contributed by atoms with Crippen LogP contribution in [-0.4, -0.2) is 39.1 Å². The molecule has 0 radical (unpaired) electrons. The number of nitrogens with zero attached hydrogens (tertiary/aromatic N) is 4. The van der Waals surface area contributed by atoms with Crippen LogP contribution in [0.1, 0.15) is 23.7 Å². The van der Waals surface area contributed by atoms with Crippen molar-refractivity contribution in [3.05, 3.63) is 47.3 Å². The van der Waals surface area contributed by atoms with Crippen molar-refractivity contribution in [3.8, 4) is 0 Å². The van der Waals surface area contributed by atoms with Crippen molar-refractivity contribution >= 4 is 0 Å². The lowest BCUT2D eigenvalue weighted by molar-refractivity contribution is -0.0672. The van der Waals surface area contributed by atoms with E-state index in [1.165, 1.54) is 18.2 Å². The van der Waals surface area contributed by atoms with E-state index >= 15 is 0 Å². The molecule has 0 N–H and O–H groups in total. The Labute approximate surface area is 126 Å². The van der Waals surface area contributed by atoms with Crippen LogP contribution in [0.25, 0.3) is 0 Å². The maximum Gasteiger partial charge on any atom is 0.130 e. The number of rotatable bonds is 2. The Morgan fingerprint density at radius 3 is 2.91 bits per heavy atom. The Balaban J connectivity index is 1.55. The average molecular weight is 306 g/mol. The number of halogens is 2. The van der Waals surface area contributed by atoms with Gasteiger partial charge in [0.05, 0.1) is 30.6 Å². The molecule has 1 aromatic carbocycles. The Morgan fingerprint density at radius 2 is 2.09 bits per heavy atom. The molecule has 0 unspecified atom stereocenters. The number of hydrogen-bond donors (Lipinski definition) is 0. The summed E-state index contributed by atoms with van der Waals surface area (Å²) in [6.45, 7) is 2.18. The predicted molar refractivity (Wildman–Crippen MR) is 73.9 cm³/mol. The first kappa shape index (κ1) is 13.8. The molecular weight excluding hydrogens is 290 g/mol. The van der Waals surface area contributed by atoms with Gasteiger partial charge in [0.1, 0.15) is 11.6 Å². The number of piperidine rings is 1. The first-order valence-electron chi connectivity index (χ1n) is 7.38. The van der Waals surface area contributed by atoms with Gasteiger partial charge in [0, 0.05) is 25.2 Å². The quantitative estimate of drug-likeness (QED) is 0.850. The molecule has 1 aromatic heterocycles. The zero-order chi connectivity index (χ0) is 15.1. The Kier molecular flexibility index (Phi) is 3.38. The van der Waals surface area contributed by atoms with Crippen LogP contribution in [0.3, 0.4) is 0 Å². The average Bonchev–Trinajstić information content (AvgIpc) is 3.00. The number of benzene rings is 1. The van der Waals surface area contributed by atoms with Gasteiger partial charge in [-0.05, 0) is 18.6 Å². The van der Waals surface area contributed by atoms with Gasteiger partial charge in [-0.1, -0.05) is 11.3 Å². The molecular formula is C15H16F2N4O. The second-order valence-corrected chi connectivity index (χ2v) is 5.81. The number of likely N-dealkylation sites (tertiary alicyclic amines) is 1. The summed E-state index contributed by atoms with van der Waals surface area (Å²) in [4.78, 5) is 2.04. The van der Waals surface area contributed by atoms with Crippen LogP contribution < -0.4 is 0 Å². The van der Waals surface area contributed by atoms with E-state index in [2.05, 4.69) is 10.3 Å². The summed E-state index contributed by atoms with van der Waals surface area (Å²) in [6.07, 6.45) is 2.61. The van der Waals surface area contributed by atoms with E-state index in [0.29, 0.717) is 13.2 Å². The maximum atomic E-state index is 13.8. The third-order valence-electron chi connectivity index (χ3n) is 4.46. The molecule has 116 valence electrons. The molecule has 2 aliphatic heterocycles. The van der Waals surface area contributed by atoms with Gasteiger partial charge in [0.2, 0.25) is 0 Å². The Bertz CT molecular complexity index is 670. The van der Waals surface area contributed by atoms with Crippen molar-refractivity contribution in [2.24, 2.45) is 0 Å². The lowest BCUT2D eigenvalue weighted by Gasteiger charge is -2.41. The normalized spacial score (nSPS) is 24.8. The second-order valence-electron chi connectivity index (χ2n) is 5.81. The Hall–Kier alpha value is -1.86.